The summed E-state index contributed by atoms with van der Waals surface area (Å²) < 4.78 is 26.7. The second kappa shape index (κ2) is 10.1. The number of aromatic nitrogens is 1. The lowest BCUT2D eigenvalue weighted by Crippen LogP contribution is -2.27. The van der Waals surface area contributed by atoms with Gasteiger partial charge in [-0.3, -0.25) is 4.79 Å². The lowest BCUT2D eigenvalue weighted by atomic mass is 10.1. The molecule has 1 fully saturated rings. The number of thiazole rings is 1. The zero-order valence-electron chi connectivity index (χ0n) is 16.9. The molecule has 1 unspecified atom stereocenters. The summed E-state index contributed by atoms with van der Waals surface area (Å²) >= 11 is 1.36. The number of nitrogens with one attached hydrogen (secondary N) is 1. The Morgan fingerprint density at radius 1 is 1.25 bits per heavy atom. The molecule has 156 valence electrons. The van der Waals surface area contributed by atoms with Crippen molar-refractivity contribution in [2.75, 3.05) is 18.4 Å². The molecule has 1 aromatic carbocycles. The average Bonchev–Trinajstić information content (AvgIpc) is 3.41. The highest BCUT2D eigenvalue weighted by Crippen LogP contribution is 2.27. The third-order valence-electron chi connectivity index (χ3n) is 4.65. The van der Waals surface area contributed by atoms with Gasteiger partial charge in [-0.15, -0.1) is 11.3 Å². The topological polar surface area (TPSA) is 79.4 Å². The lowest BCUT2D eigenvalue weighted by molar-refractivity contribution is -0.119. The smallest absolute Gasteiger partial charge is 0.243 e. The fourth-order valence-electron chi connectivity index (χ4n) is 2.75. The molecule has 1 aliphatic rings. The monoisotopic (exact) mass is 425 g/mol. The van der Waals surface area contributed by atoms with Crippen molar-refractivity contribution in [3.8, 4) is 11.3 Å². The van der Waals surface area contributed by atoms with Crippen molar-refractivity contribution in [3.63, 3.8) is 0 Å². The Hall–Kier alpha value is -1.77. The van der Waals surface area contributed by atoms with Gasteiger partial charge in [0.05, 0.1) is 10.6 Å². The number of carbonyl (C=O) groups is 1. The molecule has 2 heterocycles. The van der Waals surface area contributed by atoms with Crippen LogP contribution in [0.3, 0.4) is 0 Å². The van der Waals surface area contributed by atoms with E-state index in [1.165, 1.54) is 15.6 Å². The molecular formula is C20H31N3O3S2. The summed E-state index contributed by atoms with van der Waals surface area (Å²) in [5.74, 6) is -0.0992. The van der Waals surface area contributed by atoms with E-state index in [2.05, 4.69) is 10.3 Å². The SMILES string of the molecule is CC.CCC(C)C(=O)Nc1nc(-c2ccc(S(=O)(=O)N3CCCC3)cc2)cs1.[HH]. The van der Waals surface area contributed by atoms with Crippen LogP contribution in [0.4, 0.5) is 5.13 Å². The molecule has 28 heavy (non-hydrogen) atoms. The van der Waals surface area contributed by atoms with Gasteiger partial charge in [0.2, 0.25) is 15.9 Å². The Morgan fingerprint density at radius 3 is 2.43 bits per heavy atom. The van der Waals surface area contributed by atoms with Crippen LogP contribution in [0.15, 0.2) is 34.5 Å². The average molecular weight is 426 g/mol. The molecule has 0 bridgehead atoms. The molecule has 3 rings (SSSR count). The first-order valence-corrected chi connectivity index (χ1v) is 12.1. The number of amides is 1. The normalized spacial score (nSPS) is 15.6. The molecule has 1 aromatic heterocycles. The van der Waals surface area contributed by atoms with Crippen LogP contribution in [0.1, 0.15) is 48.4 Å². The van der Waals surface area contributed by atoms with Crippen LogP contribution in [0, 0.1) is 5.92 Å². The van der Waals surface area contributed by atoms with Gasteiger partial charge in [0, 0.05) is 31.4 Å². The van der Waals surface area contributed by atoms with Gasteiger partial charge >= 0.3 is 0 Å². The van der Waals surface area contributed by atoms with Crippen molar-refractivity contribution in [2.24, 2.45) is 5.92 Å². The first-order valence-electron chi connectivity index (χ1n) is 9.79. The van der Waals surface area contributed by atoms with Gasteiger partial charge < -0.3 is 5.32 Å². The minimum Gasteiger partial charge on any atom is -0.302 e. The van der Waals surface area contributed by atoms with E-state index in [0.29, 0.717) is 23.1 Å². The van der Waals surface area contributed by atoms with E-state index >= 15 is 0 Å². The largest absolute Gasteiger partial charge is 0.302 e. The molecule has 1 saturated heterocycles. The van der Waals surface area contributed by atoms with Crippen molar-refractivity contribution in [1.82, 2.24) is 9.29 Å². The number of rotatable bonds is 6. The van der Waals surface area contributed by atoms with Crippen molar-refractivity contribution in [3.05, 3.63) is 29.6 Å². The number of anilines is 1. The van der Waals surface area contributed by atoms with Crippen molar-refractivity contribution in [1.29, 1.82) is 0 Å². The molecule has 1 N–H and O–H groups in total. The highest BCUT2D eigenvalue weighted by Gasteiger charge is 2.27. The van der Waals surface area contributed by atoms with Crippen LogP contribution in [-0.4, -0.2) is 36.7 Å². The van der Waals surface area contributed by atoms with E-state index in [-0.39, 0.29) is 13.3 Å². The predicted octanol–water partition coefficient (Wildman–Crippen LogP) is 4.85. The number of benzene rings is 1. The zero-order chi connectivity index (χ0) is 20.7. The van der Waals surface area contributed by atoms with Crippen LogP contribution in [0.2, 0.25) is 0 Å². The highest BCUT2D eigenvalue weighted by atomic mass is 32.2. The van der Waals surface area contributed by atoms with Gasteiger partial charge in [0.1, 0.15) is 0 Å². The van der Waals surface area contributed by atoms with Gasteiger partial charge in [-0.2, -0.15) is 4.31 Å². The van der Waals surface area contributed by atoms with Crippen LogP contribution in [0.25, 0.3) is 11.3 Å². The lowest BCUT2D eigenvalue weighted by Gasteiger charge is -2.15. The van der Waals surface area contributed by atoms with E-state index in [1.807, 2.05) is 33.1 Å². The Balaban J connectivity index is 0.00000136. The number of carbonyl (C=O) groups excluding carboxylic acids is 1. The summed E-state index contributed by atoms with van der Waals surface area (Å²) in [7, 11) is -3.40. The van der Waals surface area contributed by atoms with Gasteiger partial charge in [-0.1, -0.05) is 39.8 Å². The summed E-state index contributed by atoms with van der Waals surface area (Å²) in [6.07, 6.45) is 2.61. The third-order valence-corrected chi connectivity index (χ3v) is 7.32. The fourth-order valence-corrected chi connectivity index (χ4v) is 4.99. The first-order chi connectivity index (χ1) is 13.4. The van der Waals surface area contributed by atoms with E-state index in [4.69, 9.17) is 0 Å². The second-order valence-corrected chi connectivity index (χ2v) is 9.27. The highest BCUT2D eigenvalue weighted by molar-refractivity contribution is 7.89. The number of nitrogens with zero attached hydrogens (tertiary/aromatic N) is 2. The maximum absolute atomic E-state index is 12.6. The maximum Gasteiger partial charge on any atom is 0.243 e. The molecule has 0 saturated carbocycles. The molecular weight excluding hydrogens is 394 g/mol. The fraction of sp³-hybridized carbons (Fsp3) is 0.500. The van der Waals surface area contributed by atoms with Crippen LogP contribution >= 0.6 is 11.3 Å². The number of hydrogen-bond donors (Lipinski definition) is 1. The predicted molar refractivity (Wildman–Crippen MR) is 117 cm³/mol. The van der Waals surface area contributed by atoms with Crippen molar-refractivity contribution >= 4 is 32.4 Å². The summed E-state index contributed by atoms with van der Waals surface area (Å²) in [5, 5.41) is 5.23. The van der Waals surface area contributed by atoms with E-state index < -0.39 is 10.0 Å². The summed E-state index contributed by atoms with van der Waals surface area (Å²) in [6.45, 7) is 9.03. The van der Waals surface area contributed by atoms with E-state index in [1.54, 1.807) is 24.3 Å². The van der Waals surface area contributed by atoms with Crippen LogP contribution in [-0.2, 0) is 14.8 Å². The number of hydrogen-bond acceptors (Lipinski definition) is 5. The Morgan fingerprint density at radius 2 is 1.86 bits per heavy atom. The Labute approximate surface area is 173 Å². The van der Waals surface area contributed by atoms with E-state index in [0.717, 1.165) is 30.5 Å². The molecule has 1 aliphatic heterocycles. The second-order valence-electron chi connectivity index (χ2n) is 6.47. The van der Waals surface area contributed by atoms with Gasteiger partial charge in [0.25, 0.3) is 0 Å². The van der Waals surface area contributed by atoms with Crippen LogP contribution < -0.4 is 5.32 Å². The Bertz CT molecular complexity index is 877. The molecule has 0 radical (unpaired) electrons. The maximum atomic E-state index is 12.6. The first kappa shape index (κ1) is 22.5. The summed E-state index contributed by atoms with van der Waals surface area (Å²) in [5.41, 5.74) is 1.55. The van der Waals surface area contributed by atoms with E-state index in [9.17, 15) is 13.2 Å². The molecule has 2 aromatic rings. The minimum atomic E-state index is -3.40. The molecule has 1 atom stereocenters. The minimum absolute atomic E-state index is 0. The molecule has 1 amide bonds. The molecule has 6 nitrogen and oxygen atoms in total. The van der Waals surface area contributed by atoms with Crippen molar-refractivity contribution < 1.29 is 14.6 Å². The quantitative estimate of drug-likeness (QED) is 0.717. The van der Waals surface area contributed by atoms with Crippen LogP contribution in [0.5, 0.6) is 0 Å². The third kappa shape index (κ3) is 5.18. The zero-order valence-corrected chi connectivity index (χ0v) is 18.6. The Kier molecular flexibility index (Phi) is 8.15. The summed E-state index contributed by atoms with van der Waals surface area (Å²) in [4.78, 5) is 16.7. The standard InChI is InChI=1S/C18H23N3O3S2.C2H6.H2/c1-3-13(2)17(22)20-18-19-16(12-25-18)14-6-8-15(9-7-14)26(23,24)21-10-4-5-11-21;1-2;/h6-9,12-13H,3-5,10-11H2,1-2H3,(H,19,20,22);1-2H3;1H. The van der Waals surface area contributed by atoms with Gasteiger partial charge in [0.15, 0.2) is 5.13 Å². The van der Waals surface area contributed by atoms with Gasteiger partial charge in [-0.25, -0.2) is 13.4 Å². The van der Waals surface area contributed by atoms with Gasteiger partial charge in [-0.05, 0) is 31.4 Å². The number of sulfonamides is 1. The van der Waals surface area contributed by atoms with Crippen molar-refractivity contribution in [2.45, 2.75) is 51.9 Å². The molecule has 0 aliphatic carbocycles. The summed E-state index contributed by atoms with van der Waals surface area (Å²) in [6, 6.07) is 6.77. The molecule has 0 spiro atoms. The molecule has 8 heteroatoms.